The van der Waals surface area contributed by atoms with Gasteiger partial charge in [-0.05, 0) is 25.8 Å². The number of alkyl halides is 7. The number of thiophene rings is 1. The first kappa shape index (κ1) is 27.6. The van der Waals surface area contributed by atoms with Gasteiger partial charge in [-0.2, -0.15) is 45.8 Å². The average molecular weight is 586 g/mol. The lowest BCUT2D eigenvalue weighted by molar-refractivity contribution is -0.291. The molecule has 18 heteroatoms. The third kappa shape index (κ3) is 4.55. The molecule has 9 nitrogen and oxygen atoms in total. The van der Waals surface area contributed by atoms with Gasteiger partial charge in [0.1, 0.15) is 15.6 Å². The summed E-state index contributed by atoms with van der Waals surface area (Å²) in [4.78, 5) is 14.7. The maximum absolute atomic E-state index is 14.0. The van der Waals surface area contributed by atoms with Crippen molar-refractivity contribution in [1.82, 2.24) is 29.7 Å². The summed E-state index contributed by atoms with van der Waals surface area (Å²) in [5.74, 6) is -8.47. The predicted octanol–water partition coefficient (Wildman–Crippen LogP) is 5.16. The second kappa shape index (κ2) is 9.42. The lowest BCUT2D eigenvalue weighted by Gasteiger charge is -2.25. The van der Waals surface area contributed by atoms with E-state index >= 15 is 0 Å². The third-order valence-corrected chi connectivity index (χ3v) is 7.11. The summed E-state index contributed by atoms with van der Waals surface area (Å²) in [7, 11) is 0.923. The number of carbonyl (C=O) groups is 1. The molecule has 0 spiro atoms. The summed E-state index contributed by atoms with van der Waals surface area (Å²) in [6.07, 6.45) is -4.11. The third-order valence-electron chi connectivity index (χ3n) is 5.72. The number of nitrogens with zero attached hydrogens (tertiary/aromatic N) is 7. The molecule has 1 aliphatic carbocycles. The summed E-state index contributed by atoms with van der Waals surface area (Å²) in [6.45, 7) is -1.83. The maximum atomic E-state index is 14.0. The van der Waals surface area contributed by atoms with Gasteiger partial charge in [0.25, 0.3) is 5.91 Å². The largest absolute Gasteiger partial charge is 0.459 e. The summed E-state index contributed by atoms with van der Waals surface area (Å²) in [5, 5.41) is 19.9. The minimum absolute atomic E-state index is 0.0197. The van der Waals surface area contributed by atoms with Crippen molar-refractivity contribution in [2.75, 3.05) is 6.54 Å². The Balaban J connectivity index is 1.73. The lowest BCUT2D eigenvalue weighted by atomic mass is 10.2. The summed E-state index contributed by atoms with van der Waals surface area (Å²) < 4.78 is 98.1. The number of halogens is 8. The summed E-state index contributed by atoms with van der Waals surface area (Å²) in [5.41, 5.74) is -2.97. The van der Waals surface area contributed by atoms with Crippen LogP contribution in [0.25, 0.3) is 16.4 Å². The first-order valence-corrected chi connectivity index (χ1v) is 11.8. The SMILES string of the molecule is CCN(C(=O)c1cc(-c2cn(-c3c(OC(F)F)c(C(F)(F)C(F)(F)F)nn3C)nn2)sc1Cl)C1(C#N)CC1. The van der Waals surface area contributed by atoms with Crippen LogP contribution in [0.2, 0.25) is 4.34 Å². The van der Waals surface area contributed by atoms with E-state index in [9.17, 15) is 40.8 Å². The number of nitriles is 1. The molecule has 0 atom stereocenters. The molecule has 3 aromatic rings. The van der Waals surface area contributed by atoms with Crippen molar-refractivity contribution < 1.29 is 40.3 Å². The van der Waals surface area contributed by atoms with Crippen molar-refractivity contribution >= 4 is 28.8 Å². The standard InChI is InChI=1S/C20H15ClF7N7O2S/c1-3-34(18(8-29)4-5-18)16(36)9-6-11(38-14(9)21)10-7-35(32-30-10)15-12(37-17(22)23)13(31-33(15)2)19(24,25)20(26,27)28/h6-7,17H,3-5H2,1-2H3. The Morgan fingerprint density at radius 2 is 2.00 bits per heavy atom. The molecular formula is C20H15ClF7N7O2S. The Morgan fingerprint density at radius 3 is 2.53 bits per heavy atom. The van der Waals surface area contributed by atoms with Crippen LogP contribution in [0.5, 0.6) is 5.75 Å². The minimum Gasteiger partial charge on any atom is -0.428 e. The number of amides is 1. The van der Waals surface area contributed by atoms with E-state index in [0.717, 1.165) is 24.6 Å². The number of hydrogen-bond donors (Lipinski definition) is 0. The quantitative estimate of drug-likeness (QED) is 0.339. The molecule has 3 aromatic heterocycles. The van der Waals surface area contributed by atoms with E-state index in [2.05, 4.69) is 26.2 Å². The Bertz CT molecular complexity index is 1420. The van der Waals surface area contributed by atoms with Crippen LogP contribution in [0.3, 0.4) is 0 Å². The molecule has 0 aromatic carbocycles. The van der Waals surface area contributed by atoms with Gasteiger partial charge in [0.05, 0.1) is 22.7 Å². The van der Waals surface area contributed by atoms with E-state index in [1.54, 1.807) is 6.92 Å². The van der Waals surface area contributed by atoms with Crippen LogP contribution < -0.4 is 4.74 Å². The van der Waals surface area contributed by atoms with Gasteiger partial charge in [-0.1, -0.05) is 16.8 Å². The molecule has 0 saturated heterocycles. The number of aryl methyl sites for hydroxylation is 1. The van der Waals surface area contributed by atoms with Crippen LogP contribution in [0.1, 0.15) is 35.8 Å². The molecule has 38 heavy (non-hydrogen) atoms. The van der Waals surface area contributed by atoms with Crippen LogP contribution in [-0.4, -0.2) is 60.5 Å². The zero-order chi connectivity index (χ0) is 28.2. The van der Waals surface area contributed by atoms with E-state index < -0.39 is 47.4 Å². The van der Waals surface area contributed by atoms with Crippen molar-refractivity contribution in [2.24, 2.45) is 7.05 Å². The first-order chi connectivity index (χ1) is 17.7. The van der Waals surface area contributed by atoms with Crippen LogP contribution >= 0.6 is 22.9 Å². The Kier molecular flexibility index (Phi) is 6.85. The van der Waals surface area contributed by atoms with E-state index in [1.807, 2.05) is 0 Å². The van der Waals surface area contributed by atoms with Crippen LogP contribution in [-0.2, 0) is 13.0 Å². The molecule has 1 aliphatic rings. The second-order valence-corrected chi connectivity index (χ2v) is 9.77. The van der Waals surface area contributed by atoms with Crippen LogP contribution in [0, 0.1) is 11.3 Å². The Hall–Kier alpha value is -3.39. The van der Waals surface area contributed by atoms with Gasteiger partial charge < -0.3 is 9.64 Å². The highest BCUT2D eigenvalue weighted by atomic mass is 35.5. The van der Waals surface area contributed by atoms with E-state index in [4.69, 9.17) is 11.6 Å². The monoisotopic (exact) mass is 585 g/mol. The number of aromatic nitrogens is 5. The van der Waals surface area contributed by atoms with Gasteiger partial charge in [-0.15, -0.1) is 16.4 Å². The number of ether oxygens (including phenoxy) is 1. The van der Waals surface area contributed by atoms with Gasteiger partial charge in [0.2, 0.25) is 0 Å². The van der Waals surface area contributed by atoms with Gasteiger partial charge in [0, 0.05) is 13.6 Å². The molecular weight excluding hydrogens is 571 g/mol. The van der Waals surface area contributed by atoms with Crippen molar-refractivity contribution in [3.05, 3.63) is 27.9 Å². The Labute approximate surface area is 217 Å². The highest BCUT2D eigenvalue weighted by Gasteiger charge is 2.62. The van der Waals surface area contributed by atoms with E-state index in [-0.39, 0.29) is 27.0 Å². The molecule has 0 unspecified atom stereocenters. The van der Waals surface area contributed by atoms with Crippen molar-refractivity contribution in [3.8, 4) is 28.2 Å². The topological polar surface area (TPSA) is 102 Å². The summed E-state index contributed by atoms with van der Waals surface area (Å²) >= 11 is 7.14. The van der Waals surface area contributed by atoms with Crippen LogP contribution in [0.4, 0.5) is 30.7 Å². The van der Waals surface area contributed by atoms with Crippen molar-refractivity contribution in [1.29, 1.82) is 5.26 Å². The zero-order valence-corrected chi connectivity index (χ0v) is 20.8. The minimum atomic E-state index is -6.15. The molecule has 1 saturated carbocycles. The fourth-order valence-electron chi connectivity index (χ4n) is 3.75. The second-order valence-electron chi connectivity index (χ2n) is 8.11. The molecule has 1 fully saturated rings. The van der Waals surface area contributed by atoms with Crippen molar-refractivity contribution in [3.63, 3.8) is 0 Å². The van der Waals surface area contributed by atoms with E-state index in [1.165, 1.54) is 11.0 Å². The molecule has 0 bridgehead atoms. The average Bonchev–Trinajstić information content (AvgIpc) is 3.12. The molecule has 0 aliphatic heterocycles. The molecule has 0 radical (unpaired) electrons. The highest BCUT2D eigenvalue weighted by molar-refractivity contribution is 7.19. The molecule has 3 heterocycles. The summed E-state index contributed by atoms with van der Waals surface area (Å²) in [6, 6.07) is 3.47. The fraction of sp³-hybridized carbons (Fsp3) is 0.450. The number of hydrogen-bond acceptors (Lipinski definition) is 7. The van der Waals surface area contributed by atoms with E-state index in [0.29, 0.717) is 22.2 Å². The highest BCUT2D eigenvalue weighted by Crippen LogP contribution is 2.48. The van der Waals surface area contributed by atoms with Crippen molar-refractivity contribution in [2.45, 2.75) is 44.0 Å². The van der Waals surface area contributed by atoms with Gasteiger partial charge >= 0.3 is 18.7 Å². The zero-order valence-electron chi connectivity index (χ0n) is 19.2. The van der Waals surface area contributed by atoms with Gasteiger partial charge in [0.15, 0.2) is 17.3 Å². The van der Waals surface area contributed by atoms with Crippen LogP contribution in [0.15, 0.2) is 12.3 Å². The lowest BCUT2D eigenvalue weighted by Crippen LogP contribution is -2.41. The molecule has 4 rings (SSSR count). The van der Waals surface area contributed by atoms with Gasteiger partial charge in [-0.3, -0.25) is 4.79 Å². The first-order valence-electron chi connectivity index (χ1n) is 10.6. The molecule has 204 valence electrons. The Morgan fingerprint density at radius 1 is 1.34 bits per heavy atom. The smallest absolute Gasteiger partial charge is 0.428 e. The normalized spacial score (nSPS) is 15.0. The number of carbonyl (C=O) groups excluding carboxylic acids is 1. The molecule has 1 amide bonds. The predicted molar refractivity (Wildman–Crippen MR) is 117 cm³/mol. The fourth-order valence-corrected chi connectivity index (χ4v) is 4.96. The number of rotatable bonds is 8. The molecule has 0 N–H and O–H groups in total. The maximum Gasteiger partial charge on any atom is 0.459 e. The van der Waals surface area contributed by atoms with Gasteiger partial charge in [-0.25, -0.2) is 4.68 Å².